The maximum absolute atomic E-state index is 5.78. The van der Waals surface area contributed by atoms with Gasteiger partial charge in [-0.25, -0.2) is 4.98 Å². The molecular formula is C14H14BrN5O. The number of nitrogens with two attached hydrogens (primary N) is 2. The van der Waals surface area contributed by atoms with Crippen molar-refractivity contribution < 1.29 is 4.42 Å². The van der Waals surface area contributed by atoms with E-state index in [-0.39, 0.29) is 5.95 Å². The van der Waals surface area contributed by atoms with Crippen LogP contribution in [-0.2, 0) is 13.1 Å². The van der Waals surface area contributed by atoms with Gasteiger partial charge in [0.15, 0.2) is 0 Å². The highest BCUT2D eigenvalue weighted by Crippen LogP contribution is 2.23. The second-order valence-corrected chi connectivity index (χ2v) is 5.55. The van der Waals surface area contributed by atoms with Gasteiger partial charge in [0.25, 0.3) is 0 Å². The summed E-state index contributed by atoms with van der Waals surface area (Å²) in [5.41, 5.74) is 12.9. The Hall–Kier alpha value is -2.12. The third kappa shape index (κ3) is 3.14. The van der Waals surface area contributed by atoms with Gasteiger partial charge in [0.2, 0.25) is 5.95 Å². The molecule has 2 aromatic heterocycles. The van der Waals surface area contributed by atoms with Gasteiger partial charge < -0.3 is 21.2 Å². The van der Waals surface area contributed by atoms with Gasteiger partial charge in [0.05, 0.1) is 6.54 Å². The number of anilines is 2. The molecule has 0 spiro atoms. The molecule has 0 fully saturated rings. The van der Waals surface area contributed by atoms with Crippen LogP contribution in [0.5, 0.6) is 0 Å². The fourth-order valence-electron chi connectivity index (χ4n) is 2.05. The first-order chi connectivity index (χ1) is 10.1. The molecule has 0 bridgehead atoms. The lowest BCUT2D eigenvalue weighted by Gasteiger charge is -2.05. The molecule has 0 amide bonds. The van der Waals surface area contributed by atoms with Gasteiger partial charge in [0.1, 0.15) is 17.2 Å². The molecule has 0 unspecified atom stereocenters. The number of aromatic nitrogens is 2. The Bertz CT molecular complexity index is 786. The van der Waals surface area contributed by atoms with E-state index in [4.69, 9.17) is 15.9 Å². The Morgan fingerprint density at radius 3 is 2.86 bits per heavy atom. The number of nitrogens with zero attached hydrogens (tertiary/aromatic N) is 2. The van der Waals surface area contributed by atoms with Gasteiger partial charge in [-0.3, -0.25) is 0 Å². The number of fused-ring (bicyclic) bond motifs is 1. The molecule has 0 saturated heterocycles. The van der Waals surface area contributed by atoms with Gasteiger partial charge in [-0.1, -0.05) is 15.9 Å². The van der Waals surface area contributed by atoms with Gasteiger partial charge in [-0.15, -0.1) is 0 Å². The van der Waals surface area contributed by atoms with E-state index < -0.39 is 0 Å². The molecule has 3 rings (SSSR count). The summed E-state index contributed by atoms with van der Waals surface area (Å²) in [7, 11) is 0. The zero-order chi connectivity index (χ0) is 14.8. The monoisotopic (exact) mass is 347 g/mol. The Morgan fingerprint density at radius 1 is 1.19 bits per heavy atom. The van der Waals surface area contributed by atoms with E-state index in [1.807, 2.05) is 24.3 Å². The summed E-state index contributed by atoms with van der Waals surface area (Å²) < 4.78 is 6.77. The smallest absolute Gasteiger partial charge is 0.221 e. The van der Waals surface area contributed by atoms with E-state index in [0.717, 1.165) is 26.8 Å². The van der Waals surface area contributed by atoms with Crippen molar-refractivity contribution in [1.29, 1.82) is 0 Å². The number of nitrogens with one attached hydrogen (secondary N) is 1. The highest BCUT2D eigenvalue weighted by atomic mass is 79.9. The molecule has 2 heterocycles. The third-order valence-corrected chi connectivity index (χ3v) is 3.55. The number of rotatable bonds is 4. The van der Waals surface area contributed by atoms with E-state index in [9.17, 15) is 0 Å². The lowest BCUT2D eigenvalue weighted by atomic mass is 10.2. The highest BCUT2D eigenvalue weighted by Gasteiger charge is 2.06. The summed E-state index contributed by atoms with van der Waals surface area (Å²) in [5.74, 6) is 1.43. The highest BCUT2D eigenvalue weighted by molar-refractivity contribution is 9.10. The van der Waals surface area contributed by atoms with E-state index in [0.29, 0.717) is 18.9 Å². The number of nitrogen functional groups attached to an aromatic ring is 2. The standard InChI is InChI=1S/C14H14BrN5O/c15-10-1-2-12-8(3-10)4-11(21-12)7-18-5-9-6-19-14(17)20-13(9)16/h1-4,6,18H,5,7H2,(H4,16,17,19,20). The average Bonchev–Trinajstić information content (AvgIpc) is 2.83. The minimum absolute atomic E-state index is 0.180. The molecule has 21 heavy (non-hydrogen) atoms. The molecule has 108 valence electrons. The molecule has 0 aliphatic heterocycles. The normalized spacial score (nSPS) is 11.1. The first kappa shape index (κ1) is 13.8. The predicted octanol–water partition coefficient (Wildman–Crippen LogP) is 2.44. The Labute approximate surface area is 129 Å². The summed E-state index contributed by atoms with van der Waals surface area (Å²) in [5, 5.41) is 4.31. The van der Waals surface area contributed by atoms with Crippen LogP contribution in [-0.4, -0.2) is 9.97 Å². The maximum atomic E-state index is 5.78. The molecule has 0 radical (unpaired) electrons. The number of halogens is 1. The van der Waals surface area contributed by atoms with Crippen molar-refractivity contribution in [1.82, 2.24) is 15.3 Å². The summed E-state index contributed by atoms with van der Waals surface area (Å²) in [6.07, 6.45) is 1.63. The molecule has 0 saturated carbocycles. The molecule has 3 aromatic rings. The molecule has 0 atom stereocenters. The van der Waals surface area contributed by atoms with Crippen molar-refractivity contribution in [3.8, 4) is 0 Å². The van der Waals surface area contributed by atoms with E-state index in [1.165, 1.54) is 0 Å². The summed E-state index contributed by atoms with van der Waals surface area (Å²) in [6, 6.07) is 7.92. The minimum Gasteiger partial charge on any atom is -0.460 e. The van der Waals surface area contributed by atoms with Crippen LogP contribution in [0.4, 0.5) is 11.8 Å². The summed E-state index contributed by atoms with van der Waals surface area (Å²) >= 11 is 3.44. The van der Waals surface area contributed by atoms with E-state index in [1.54, 1.807) is 6.20 Å². The van der Waals surface area contributed by atoms with Crippen molar-refractivity contribution in [2.75, 3.05) is 11.5 Å². The zero-order valence-corrected chi connectivity index (χ0v) is 12.7. The number of hydrogen-bond donors (Lipinski definition) is 3. The van der Waals surface area contributed by atoms with Crippen LogP contribution in [0, 0.1) is 0 Å². The van der Waals surface area contributed by atoms with Gasteiger partial charge in [0, 0.05) is 28.2 Å². The molecule has 7 heteroatoms. The molecule has 0 aliphatic rings. The van der Waals surface area contributed by atoms with Crippen LogP contribution >= 0.6 is 15.9 Å². The largest absolute Gasteiger partial charge is 0.460 e. The average molecular weight is 348 g/mol. The first-order valence-corrected chi connectivity index (χ1v) is 7.16. The van der Waals surface area contributed by atoms with E-state index >= 15 is 0 Å². The van der Waals surface area contributed by atoms with Crippen LogP contribution < -0.4 is 16.8 Å². The summed E-state index contributed by atoms with van der Waals surface area (Å²) in [6.45, 7) is 1.14. The SMILES string of the molecule is Nc1ncc(CNCc2cc3cc(Br)ccc3o2)c(N)n1. The maximum Gasteiger partial charge on any atom is 0.221 e. The molecular weight excluding hydrogens is 334 g/mol. The number of hydrogen-bond acceptors (Lipinski definition) is 6. The quantitative estimate of drug-likeness (QED) is 0.669. The lowest BCUT2D eigenvalue weighted by Crippen LogP contribution is -2.15. The molecule has 5 N–H and O–H groups in total. The minimum atomic E-state index is 0.180. The zero-order valence-electron chi connectivity index (χ0n) is 11.1. The van der Waals surface area contributed by atoms with Crippen LogP contribution in [0.3, 0.4) is 0 Å². The van der Waals surface area contributed by atoms with Crippen molar-refractivity contribution in [3.63, 3.8) is 0 Å². The summed E-state index contributed by atoms with van der Waals surface area (Å²) in [4.78, 5) is 7.85. The molecule has 6 nitrogen and oxygen atoms in total. The van der Waals surface area contributed by atoms with Gasteiger partial charge >= 0.3 is 0 Å². The van der Waals surface area contributed by atoms with Crippen molar-refractivity contribution >= 4 is 38.7 Å². The topological polar surface area (TPSA) is 103 Å². The van der Waals surface area contributed by atoms with Crippen LogP contribution in [0.15, 0.2) is 39.4 Å². The van der Waals surface area contributed by atoms with Gasteiger partial charge in [-0.05, 0) is 24.3 Å². The van der Waals surface area contributed by atoms with Crippen LogP contribution in [0.25, 0.3) is 11.0 Å². The Balaban J connectivity index is 1.66. The first-order valence-electron chi connectivity index (χ1n) is 6.37. The number of furan rings is 1. The Morgan fingerprint density at radius 2 is 2.05 bits per heavy atom. The predicted molar refractivity (Wildman–Crippen MR) is 85.3 cm³/mol. The molecule has 1 aromatic carbocycles. The van der Waals surface area contributed by atoms with Crippen molar-refractivity contribution in [2.45, 2.75) is 13.1 Å². The van der Waals surface area contributed by atoms with Crippen molar-refractivity contribution in [3.05, 3.63) is 46.3 Å². The Kier molecular flexibility index (Phi) is 3.76. The van der Waals surface area contributed by atoms with Gasteiger partial charge in [-0.2, -0.15) is 4.98 Å². The number of benzene rings is 1. The lowest BCUT2D eigenvalue weighted by molar-refractivity contribution is 0.513. The fraction of sp³-hybridized carbons (Fsp3) is 0.143. The van der Waals surface area contributed by atoms with E-state index in [2.05, 4.69) is 31.2 Å². The second kappa shape index (κ2) is 5.71. The third-order valence-electron chi connectivity index (χ3n) is 3.06. The molecule has 0 aliphatic carbocycles. The van der Waals surface area contributed by atoms with Crippen LogP contribution in [0.1, 0.15) is 11.3 Å². The second-order valence-electron chi connectivity index (χ2n) is 4.64. The fourth-order valence-corrected chi connectivity index (χ4v) is 2.43. The van der Waals surface area contributed by atoms with Crippen molar-refractivity contribution in [2.24, 2.45) is 0 Å². The van der Waals surface area contributed by atoms with Crippen LogP contribution in [0.2, 0.25) is 0 Å².